The predicted molar refractivity (Wildman–Crippen MR) is 134 cm³/mol. The van der Waals surface area contributed by atoms with Gasteiger partial charge in [0.05, 0.1) is 0 Å². The highest BCUT2D eigenvalue weighted by Crippen LogP contribution is 2.13. The molecule has 31 heavy (non-hydrogen) atoms. The number of guanidine groups is 1. The van der Waals surface area contributed by atoms with Gasteiger partial charge in [-0.1, -0.05) is 12.1 Å². The Bertz CT molecular complexity index is 858. The van der Waals surface area contributed by atoms with Crippen LogP contribution in [0.3, 0.4) is 0 Å². The number of benzene rings is 1. The van der Waals surface area contributed by atoms with Gasteiger partial charge in [-0.25, -0.2) is 9.79 Å². The topological polar surface area (TPSA) is 105 Å². The van der Waals surface area contributed by atoms with Crippen molar-refractivity contribution < 1.29 is 9.53 Å². The van der Waals surface area contributed by atoms with Gasteiger partial charge in [0.25, 0.3) is 0 Å². The number of hydrogen-bond donors (Lipinski definition) is 3. The summed E-state index contributed by atoms with van der Waals surface area (Å²) in [5.74, 6) is 2.42. The van der Waals surface area contributed by atoms with Crippen molar-refractivity contribution in [2.45, 2.75) is 53.2 Å². The maximum atomic E-state index is 11.8. The molecule has 172 valence electrons. The standard InChI is InChI=1S/C21H33N7O2.HI/c1-7-22-19(24-14-18-27-26-15(2)28(18)6)23-13-12-16-8-10-17(11-9-16)25-20(29)30-21(3,4)5;/h8-11H,7,12-14H2,1-6H3,(H,25,29)(H2,22,23,24);1H. The number of ether oxygens (including phenoxy) is 1. The molecule has 0 aliphatic rings. The van der Waals surface area contributed by atoms with E-state index in [0.717, 1.165) is 42.7 Å². The summed E-state index contributed by atoms with van der Waals surface area (Å²) in [7, 11) is 1.93. The fourth-order valence-electron chi connectivity index (χ4n) is 2.58. The van der Waals surface area contributed by atoms with Gasteiger partial charge in [-0.2, -0.15) is 0 Å². The molecule has 1 aromatic carbocycles. The minimum Gasteiger partial charge on any atom is -0.444 e. The van der Waals surface area contributed by atoms with Gasteiger partial charge in [0.2, 0.25) is 0 Å². The van der Waals surface area contributed by atoms with Crippen LogP contribution in [0.5, 0.6) is 0 Å². The number of rotatable bonds is 7. The van der Waals surface area contributed by atoms with Crippen molar-refractivity contribution in [3.63, 3.8) is 0 Å². The molecule has 0 aliphatic carbocycles. The largest absolute Gasteiger partial charge is 0.444 e. The van der Waals surface area contributed by atoms with Crippen LogP contribution in [-0.4, -0.2) is 45.5 Å². The van der Waals surface area contributed by atoms with Crippen molar-refractivity contribution in [3.05, 3.63) is 41.5 Å². The van der Waals surface area contributed by atoms with Gasteiger partial charge >= 0.3 is 6.09 Å². The zero-order valence-electron chi connectivity index (χ0n) is 19.2. The third-order valence-corrected chi connectivity index (χ3v) is 4.21. The van der Waals surface area contributed by atoms with Gasteiger partial charge in [-0.3, -0.25) is 5.32 Å². The molecule has 9 nitrogen and oxygen atoms in total. The van der Waals surface area contributed by atoms with Crippen LogP contribution in [0.2, 0.25) is 0 Å². The first-order valence-corrected chi connectivity index (χ1v) is 10.1. The van der Waals surface area contributed by atoms with E-state index in [1.54, 1.807) is 0 Å². The number of aromatic nitrogens is 3. The van der Waals surface area contributed by atoms with Crippen LogP contribution in [0, 0.1) is 6.92 Å². The fraction of sp³-hybridized carbons (Fsp3) is 0.524. The molecule has 2 aromatic rings. The van der Waals surface area contributed by atoms with Gasteiger partial charge in [0.1, 0.15) is 18.0 Å². The summed E-state index contributed by atoms with van der Waals surface area (Å²) >= 11 is 0. The van der Waals surface area contributed by atoms with Crippen molar-refractivity contribution in [1.29, 1.82) is 0 Å². The lowest BCUT2D eigenvalue weighted by molar-refractivity contribution is 0.0636. The van der Waals surface area contributed by atoms with Crippen LogP contribution in [0.4, 0.5) is 10.5 Å². The number of halogens is 1. The summed E-state index contributed by atoms with van der Waals surface area (Å²) in [6.45, 7) is 11.4. The molecular weight excluding hydrogens is 509 g/mol. The van der Waals surface area contributed by atoms with E-state index in [4.69, 9.17) is 4.74 Å². The summed E-state index contributed by atoms with van der Waals surface area (Å²) in [5.41, 5.74) is 1.33. The van der Waals surface area contributed by atoms with Gasteiger partial charge in [-0.15, -0.1) is 34.2 Å². The first-order valence-electron chi connectivity index (χ1n) is 10.1. The Hall–Kier alpha value is -2.37. The number of carbonyl (C=O) groups is 1. The molecule has 0 saturated carbocycles. The molecule has 2 rings (SSSR count). The summed E-state index contributed by atoms with van der Waals surface area (Å²) in [6, 6.07) is 7.71. The Morgan fingerprint density at radius 3 is 2.39 bits per heavy atom. The number of nitrogens with zero attached hydrogens (tertiary/aromatic N) is 4. The van der Waals surface area contributed by atoms with Gasteiger partial charge < -0.3 is 19.9 Å². The van der Waals surface area contributed by atoms with E-state index in [0.29, 0.717) is 12.2 Å². The maximum Gasteiger partial charge on any atom is 0.412 e. The monoisotopic (exact) mass is 543 g/mol. The molecule has 0 saturated heterocycles. The maximum absolute atomic E-state index is 11.8. The Labute approximate surface area is 201 Å². The van der Waals surface area contributed by atoms with E-state index in [-0.39, 0.29) is 24.0 Å². The van der Waals surface area contributed by atoms with Crippen molar-refractivity contribution in [1.82, 2.24) is 25.4 Å². The molecule has 0 bridgehead atoms. The smallest absolute Gasteiger partial charge is 0.412 e. The Balaban J connectivity index is 0.00000480. The number of carbonyl (C=O) groups excluding carboxylic acids is 1. The quantitative estimate of drug-likeness (QED) is 0.281. The van der Waals surface area contributed by atoms with Gasteiger partial charge in [0.15, 0.2) is 11.8 Å². The van der Waals surface area contributed by atoms with Crippen LogP contribution in [0.15, 0.2) is 29.3 Å². The number of anilines is 1. The molecule has 1 aromatic heterocycles. The highest BCUT2D eigenvalue weighted by Gasteiger charge is 2.16. The molecule has 0 radical (unpaired) electrons. The molecule has 1 heterocycles. The van der Waals surface area contributed by atoms with E-state index in [2.05, 4.69) is 31.1 Å². The van der Waals surface area contributed by atoms with E-state index in [9.17, 15) is 4.79 Å². The Kier molecular flexibility index (Phi) is 10.7. The average Bonchev–Trinajstić information content (AvgIpc) is 2.98. The van der Waals surface area contributed by atoms with Crippen LogP contribution in [-0.2, 0) is 24.8 Å². The molecule has 0 spiro atoms. The van der Waals surface area contributed by atoms with Crippen molar-refractivity contribution in [2.75, 3.05) is 18.4 Å². The zero-order valence-corrected chi connectivity index (χ0v) is 21.5. The minimum atomic E-state index is -0.521. The summed E-state index contributed by atoms with van der Waals surface area (Å²) in [5, 5.41) is 17.5. The third kappa shape index (κ3) is 9.53. The van der Waals surface area contributed by atoms with Crippen LogP contribution in [0.25, 0.3) is 0 Å². The number of aliphatic imine (C=N–C) groups is 1. The van der Waals surface area contributed by atoms with Crippen LogP contribution >= 0.6 is 24.0 Å². The first-order chi connectivity index (χ1) is 14.2. The number of aryl methyl sites for hydroxylation is 1. The van der Waals surface area contributed by atoms with E-state index in [1.165, 1.54) is 0 Å². The third-order valence-electron chi connectivity index (χ3n) is 4.21. The van der Waals surface area contributed by atoms with E-state index in [1.807, 2.05) is 70.5 Å². The molecule has 10 heteroatoms. The highest BCUT2D eigenvalue weighted by molar-refractivity contribution is 14.0. The molecule has 0 atom stereocenters. The lowest BCUT2D eigenvalue weighted by Crippen LogP contribution is -2.38. The zero-order chi connectivity index (χ0) is 22.1. The Morgan fingerprint density at radius 1 is 1.16 bits per heavy atom. The fourth-order valence-corrected chi connectivity index (χ4v) is 2.58. The van der Waals surface area contributed by atoms with E-state index >= 15 is 0 Å². The Morgan fingerprint density at radius 2 is 1.84 bits per heavy atom. The molecule has 0 aliphatic heterocycles. The summed E-state index contributed by atoms with van der Waals surface area (Å²) < 4.78 is 7.19. The molecule has 1 amide bonds. The van der Waals surface area contributed by atoms with E-state index < -0.39 is 11.7 Å². The van der Waals surface area contributed by atoms with Crippen LogP contribution in [0.1, 0.15) is 44.9 Å². The van der Waals surface area contributed by atoms with Crippen LogP contribution < -0.4 is 16.0 Å². The lowest BCUT2D eigenvalue weighted by Gasteiger charge is -2.19. The second-order valence-corrected chi connectivity index (χ2v) is 7.92. The second-order valence-electron chi connectivity index (χ2n) is 7.92. The first kappa shape index (κ1) is 26.7. The van der Waals surface area contributed by atoms with Crippen molar-refractivity contribution in [3.8, 4) is 0 Å². The summed E-state index contributed by atoms with van der Waals surface area (Å²) in [4.78, 5) is 16.4. The summed E-state index contributed by atoms with van der Waals surface area (Å²) in [6.07, 6.45) is 0.363. The molecule has 0 fully saturated rings. The highest BCUT2D eigenvalue weighted by atomic mass is 127. The number of nitrogens with one attached hydrogen (secondary N) is 3. The minimum absolute atomic E-state index is 0. The second kappa shape index (κ2) is 12.5. The van der Waals surface area contributed by atoms with Gasteiger partial charge in [0, 0.05) is 25.8 Å². The molecule has 0 unspecified atom stereocenters. The lowest BCUT2D eigenvalue weighted by atomic mass is 10.1. The normalized spacial score (nSPS) is 11.5. The molecule has 3 N–H and O–H groups in total. The number of amides is 1. The number of hydrogen-bond acceptors (Lipinski definition) is 5. The SMILES string of the molecule is CCNC(=NCc1nnc(C)n1C)NCCc1ccc(NC(=O)OC(C)(C)C)cc1.I. The van der Waals surface area contributed by atoms with Gasteiger partial charge in [-0.05, 0) is 58.7 Å². The average molecular weight is 543 g/mol. The predicted octanol–water partition coefficient (Wildman–Crippen LogP) is 3.39. The van der Waals surface area contributed by atoms with Crippen molar-refractivity contribution in [2.24, 2.45) is 12.0 Å². The molecular formula is C21H34IN7O2. The van der Waals surface area contributed by atoms with Crippen molar-refractivity contribution >= 4 is 41.7 Å².